The number of rotatable bonds is 4. The van der Waals surface area contributed by atoms with Crippen molar-refractivity contribution in [2.24, 2.45) is 0 Å². The molecule has 3 heterocycles. The Hall–Kier alpha value is -3.33. The number of nitro benzene ring substituents is 1. The van der Waals surface area contributed by atoms with E-state index < -0.39 is 16.7 Å². The lowest BCUT2D eigenvalue weighted by molar-refractivity contribution is -0.385. The van der Waals surface area contributed by atoms with Crippen LogP contribution < -0.4 is 4.90 Å². The van der Waals surface area contributed by atoms with Gasteiger partial charge >= 0.3 is 0 Å². The Morgan fingerprint density at radius 3 is 2.44 bits per heavy atom. The zero-order valence-corrected chi connectivity index (χ0v) is 14.4. The van der Waals surface area contributed by atoms with Gasteiger partial charge in [0.2, 0.25) is 0 Å². The van der Waals surface area contributed by atoms with Crippen molar-refractivity contribution in [2.75, 3.05) is 37.7 Å². The average molecular weight is 367 g/mol. The zero-order valence-electron chi connectivity index (χ0n) is 14.4. The molecule has 2 aliphatic heterocycles. The maximum Gasteiger partial charge on any atom is 0.282 e. The van der Waals surface area contributed by atoms with E-state index in [-0.39, 0.29) is 23.5 Å². The fourth-order valence-corrected chi connectivity index (χ4v) is 3.46. The second-order valence-electron chi connectivity index (χ2n) is 6.43. The molecule has 1 saturated heterocycles. The molecule has 0 radical (unpaired) electrons. The molecule has 0 spiro atoms. The first kappa shape index (κ1) is 17.1. The van der Waals surface area contributed by atoms with Crippen molar-refractivity contribution in [1.82, 2.24) is 14.8 Å². The molecule has 2 aliphatic rings. The highest BCUT2D eigenvalue weighted by Gasteiger charge is 2.41. The minimum absolute atomic E-state index is 0.0984. The largest absolute Gasteiger partial charge is 0.354 e. The Morgan fingerprint density at radius 1 is 1.00 bits per heavy atom. The molecule has 1 fully saturated rings. The number of benzene rings is 1. The molecule has 2 aromatic rings. The van der Waals surface area contributed by atoms with Crippen LogP contribution in [0.15, 0.2) is 42.6 Å². The minimum Gasteiger partial charge on any atom is -0.354 e. The molecule has 0 aliphatic carbocycles. The predicted molar refractivity (Wildman–Crippen MR) is 96.5 cm³/mol. The van der Waals surface area contributed by atoms with Crippen LogP contribution in [-0.4, -0.2) is 64.4 Å². The van der Waals surface area contributed by atoms with Crippen LogP contribution in [0.5, 0.6) is 0 Å². The third-order valence-corrected chi connectivity index (χ3v) is 4.86. The van der Waals surface area contributed by atoms with E-state index >= 15 is 0 Å². The van der Waals surface area contributed by atoms with Crippen LogP contribution in [-0.2, 0) is 0 Å². The minimum atomic E-state index is -0.626. The number of hydrogen-bond donors (Lipinski definition) is 0. The van der Waals surface area contributed by atoms with E-state index in [1.807, 2.05) is 23.1 Å². The van der Waals surface area contributed by atoms with E-state index in [0.29, 0.717) is 13.1 Å². The summed E-state index contributed by atoms with van der Waals surface area (Å²) in [4.78, 5) is 45.3. The Balaban J connectivity index is 1.45. The van der Waals surface area contributed by atoms with E-state index in [9.17, 15) is 19.7 Å². The van der Waals surface area contributed by atoms with Gasteiger partial charge in [-0.25, -0.2) is 4.98 Å². The quantitative estimate of drug-likeness (QED) is 0.457. The van der Waals surface area contributed by atoms with Gasteiger partial charge in [-0.05, 0) is 18.2 Å². The van der Waals surface area contributed by atoms with Crippen LogP contribution in [0.4, 0.5) is 11.5 Å². The summed E-state index contributed by atoms with van der Waals surface area (Å²) in [5.41, 5.74) is -0.339. The lowest BCUT2D eigenvalue weighted by atomic mass is 10.1. The summed E-state index contributed by atoms with van der Waals surface area (Å²) in [5, 5.41) is 11.2. The second-order valence-corrected chi connectivity index (χ2v) is 6.43. The third-order valence-electron chi connectivity index (χ3n) is 4.86. The molecule has 1 aromatic heterocycles. The van der Waals surface area contributed by atoms with E-state index in [4.69, 9.17) is 0 Å². The summed E-state index contributed by atoms with van der Waals surface area (Å²) in [7, 11) is 0. The lowest BCUT2D eigenvalue weighted by Crippen LogP contribution is -2.51. The van der Waals surface area contributed by atoms with Gasteiger partial charge in [0.1, 0.15) is 11.4 Å². The normalized spacial score (nSPS) is 17.3. The summed E-state index contributed by atoms with van der Waals surface area (Å²) in [6.07, 6.45) is 1.74. The van der Waals surface area contributed by atoms with Crippen LogP contribution >= 0.6 is 0 Å². The molecule has 4 rings (SSSR count). The highest BCUT2D eigenvalue weighted by molar-refractivity contribution is 6.23. The molecule has 0 bridgehead atoms. The number of carbonyl (C=O) groups excluding carboxylic acids is 2. The number of nitro groups is 1. The lowest BCUT2D eigenvalue weighted by Gasteiger charge is -2.36. The van der Waals surface area contributed by atoms with E-state index in [1.54, 1.807) is 6.20 Å². The Kier molecular flexibility index (Phi) is 4.28. The monoisotopic (exact) mass is 367 g/mol. The number of carbonyl (C=O) groups is 2. The molecule has 9 nitrogen and oxygen atoms in total. The molecule has 0 atom stereocenters. The average Bonchev–Trinajstić information content (AvgIpc) is 2.94. The smallest absolute Gasteiger partial charge is 0.282 e. The molecular formula is C18H17N5O4. The summed E-state index contributed by atoms with van der Waals surface area (Å²) in [6, 6.07) is 9.87. The highest BCUT2D eigenvalue weighted by Crippen LogP contribution is 2.30. The molecule has 0 saturated carbocycles. The molecule has 9 heteroatoms. The molecule has 0 unspecified atom stereocenters. The van der Waals surface area contributed by atoms with Crippen molar-refractivity contribution in [3.63, 3.8) is 0 Å². The van der Waals surface area contributed by atoms with Crippen LogP contribution in [0.1, 0.15) is 20.7 Å². The summed E-state index contributed by atoms with van der Waals surface area (Å²) in [6.45, 7) is 2.89. The fourth-order valence-electron chi connectivity index (χ4n) is 3.46. The third kappa shape index (κ3) is 3.02. The standard InChI is InChI=1S/C18H17N5O4/c24-17-13-4-3-5-14(23(26)27)16(13)18(25)22(17)12-20-8-10-21(11-9-20)15-6-1-2-7-19-15/h1-7H,8-12H2. The summed E-state index contributed by atoms with van der Waals surface area (Å²) < 4.78 is 0. The number of amides is 2. The van der Waals surface area contributed by atoms with Crippen LogP contribution in [0.3, 0.4) is 0 Å². The van der Waals surface area contributed by atoms with Crippen molar-refractivity contribution < 1.29 is 14.5 Å². The number of anilines is 1. The number of nitrogens with zero attached hydrogens (tertiary/aromatic N) is 5. The topological polar surface area (TPSA) is 99.9 Å². The number of imide groups is 1. The molecular weight excluding hydrogens is 350 g/mol. The Bertz CT molecular complexity index is 909. The van der Waals surface area contributed by atoms with Gasteiger partial charge in [0.15, 0.2) is 0 Å². The number of hydrogen-bond acceptors (Lipinski definition) is 7. The molecule has 0 N–H and O–H groups in total. The van der Waals surface area contributed by atoms with Crippen LogP contribution in [0.25, 0.3) is 0 Å². The van der Waals surface area contributed by atoms with Gasteiger partial charge in [-0.15, -0.1) is 0 Å². The second kappa shape index (κ2) is 6.76. The van der Waals surface area contributed by atoms with Crippen molar-refractivity contribution in [2.45, 2.75) is 0 Å². The van der Waals surface area contributed by atoms with Gasteiger partial charge in [0, 0.05) is 38.4 Å². The van der Waals surface area contributed by atoms with Gasteiger partial charge in [-0.1, -0.05) is 12.1 Å². The molecule has 27 heavy (non-hydrogen) atoms. The maximum absolute atomic E-state index is 12.6. The summed E-state index contributed by atoms with van der Waals surface area (Å²) in [5.74, 6) is -0.186. The molecule has 2 amide bonds. The predicted octanol–water partition coefficient (Wildman–Crippen LogP) is 1.37. The van der Waals surface area contributed by atoms with E-state index in [2.05, 4.69) is 9.88 Å². The molecule has 138 valence electrons. The van der Waals surface area contributed by atoms with Gasteiger partial charge in [-0.2, -0.15) is 0 Å². The number of piperazine rings is 1. The van der Waals surface area contributed by atoms with Gasteiger partial charge < -0.3 is 4.90 Å². The zero-order chi connectivity index (χ0) is 19.0. The SMILES string of the molecule is O=C1c2cccc([N+](=O)[O-])c2C(=O)N1CN1CCN(c2ccccn2)CC1. The summed E-state index contributed by atoms with van der Waals surface area (Å²) >= 11 is 0. The van der Waals surface area contributed by atoms with Crippen molar-refractivity contribution >= 4 is 23.3 Å². The highest BCUT2D eigenvalue weighted by atomic mass is 16.6. The first-order chi connectivity index (χ1) is 13.1. The number of fused-ring (bicyclic) bond motifs is 1. The van der Waals surface area contributed by atoms with Gasteiger partial charge in [-0.3, -0.25) is 29.5 Å². The van der Waals surface area contributed by atoms with Gasteiger partial charge in [0.05, 0.1) is 17.2 Å². The Morgan fingerprint density at radius 2 is 1.78 bits per heavy atom. The number of pyridine rings is 1. The van der Waals surface area contributed by atoms with E-state index in [0.717, 1.165) is 23.8 Å². The first-order valence-corrected chi connectivity index (χ1v) is 8.58. The van der Waals surface area contributed by atoms with Crippen LogP contribution in [0, 0.1) is 10.1 Å². The molecule has 1 aromatic carbocycles. The number of aromatic nitrogens is 1. The van der Waals surface area contributed by atoms with Crippen molar-refractivity contribution in [3.8, 4) is 0 Å². The fraction of sp³-hybridized carbons (Fsp3) is 0.278. The van der Waals surface area contributed by atoms with Crippen LogP contribution in [0.2, 0.25) is 0 Å². The van der Waals surface area contributed by atoms with Crippen molar-refractivity contribution in [3.05, 3.63) is 63.8 Å². The van der Waals surface area contributed by atoms with Gasteiger partial charge in [0.25, 0.3) is 17.5 Å². The first-order valence-electron chi connectivity index (χ1n) is 8.58. The maximum atomic E-state index is 12.6. The van der Waals surface area contributed by atoms with E-state index in [1.165, 1.54) is 18.2 Å². The van der Waals surface area contributed by atoms with Crippen molar-refractivity contribution in [1.29, 1.82) is 0 Å². The Labute approximate surface area is 155 Å².